The summed E-state index contributed by atoms with van der Waals surface area (Å²) in [5.41, 5.74) is 1.35. The molecule has 2 rings (SSSR count). The Hall–Kier alpha value is -2.40. The third-order valence-corrected chi connectivity index (χ3v) is 3.64. The Morgan fingerprint density at radius 2 is 1.96 bits per heavy atom. The molecule has 0 aliphatic carbocycles. The first kappa shape index (κ1) is 17.0. The number of nitrogens with one attached hydrogen (secondary N) is 1. The average molecular weight is 316 g/mol. The van der Waals surface area contributed by atoms with Gasteiger partial charge in [-0.25, -0.2) is 4.39 Å². The van der Waals surface area contributed by atoms with Crippen LogP contribution >= 0.6 is 0 Å². The molecule has 1 atom stereocenters. The second-order valence-corrected chi connectivity index (χ2v) is 5.48. The van der Waals surface area contributed by atoms with Crippen LogP contribution in [0, 0.1) is 5.82 Å². The number of benzene rings is 2. The molecule has 0 saturated carbocycles. The molecular weight excluding hydrogens is 295 g/mol. The molecule has 0 bridgehead atoms. The number of carbonyl (C=O) groups excluding carboxylic acids is 1. The number of amides is 1. The second kappa shape index (κ2) is 7.74. The van der Waals surface area contributed by atoms with Crippen LogP contribution in [0.15, 0.2) is 48.5 Å². The Labute approximate surface area is 135 Å². The van der Waals surface area contributed by atoms with Crippen LogP contribution in [0.5, 0.6) is 5.75 Å². The molecule has 1 unspecified atom stereocenters. The van der Waals surface area contributed by atoms with E-state index in [2.05, 4.69) is 5.32 Å². The number of halogens is 1. The highest BCUT2D eigenvalue weighted by atomic mass is 19.1. The van der Waals surface area contributed by atoms with Crippen LogP contribution in [0.2, 0.25) is 0 Å². The van der Waals surface area contributed by atoms with Gasteiger partial charge in [0.25, 0.3) is 5.91 Å². The lowest BCUT2D eigenvalue weighted by Gasteiger charge is -2.25. The van der Waals surface area contributed by atoms with E-state index in [0.29, 0.717) is 12.1 Å². The zero-order chi connectivity index (χ0) is 16.8. The topological polar surface area (TPSA) is 41.6 Å². The summed E-state index contributed by atoms with van der Waals surface area (Å²) in [6.07, 6.45) is 0. The Kier molecular flexibility index (Phi) is 5.71. The third-order valence-electron chi connectivity index (χ3n) is 3.64. The largest absolute Gasteiger partial charge is 0.497 e. The van der Waals surface area contributed by atoms with Crippen molar-refractivity contribution < 1.29 is 13.9 Å². The van der Waals surface area contributed by atoms with Gasteiger partial charge in [-0.1, -0.05) is 18.2 Å². The fourth-order valence-corrected chi connectivity index (χ4v) is 2.37. The summed E-state index contributed by atoms with van der Waals surface area (Å²) >= 11 is 0. The van der Waals surface area contributed by atoms with Gasteiger partial charge in [-0.3, -0.25) is 4.79 Å². The van der Waals surface area contributed by atoms with E-state index >= 15 is 0 Å². The number of hydrogen-bond acceptors (Lipinski definition) is 3. The maximum Gasteiger partial charge on any atom is 0.251 e. The van der Waals surface area contributed by atoms with Gasteiger partial charge in [0.15, 0.2) is 0 Å². The number of likely N-dealkylation sites (N-methyl/N-ethyl adjacent to an activating group) is 1. The first-order chi connectivity index (χ1) is 11.0. The lowest BCUT2D eigenvalue weighted by molar-refractivity contribution is 0.0941. The van der Waals surface area contributed by atoms with Crippen molar-refractivity contribution in [1.82, 2.24) is 10.2 Å². The quantitative estimate of drug-likeness (QED) is 0.891. The Morgan fingerprint density at radius 1 is 1.22 bits per heavy atom. The van der Waals surface area contributed by atoms with Crippen molar-refractivity contribution in [2.24, 2.45) is 0 Å². The number of ether oxygens (including phenoxy) is 1. The van der Waals surface area contributed by atoms with E-state index in [4.69, 9.17) is 4.74 Å². The summed E-state index contributed by atoms with van der Waals surface area (Å²) in [5.74, 6) is 0.0552. The lowest BCUT2D eigenvalue weighted by atomic mass is 10.1. The van der Waals surface area contributed by atoms with Crippen LogP contribution < -0.4 is 10.1 Å². The Bertz CT molecular complexity index is 674. The van der Waals surface area contributed by atoms with Crippen LogP contribution in [-0.4, -0.2) is 38.6 Å². The van der Waals surface area contributed by atoms with Crippen molar-refractivity contribution in [3.05, 3.63) is 65.5 Å². The Morgan fingerprint density at radius 3 is 2.61 bits per heavy atom. The summed E-state index contributed by atoms with van der Waals surface area (Å²) < 4.78 is 18.4. The SMILES string of the molecule is COc1cccc(C(CNC(=O)c2cccc(F)c2)N(C)C)c1. The molecule has 0 spiro atoms. The molecular formula is C18H21FN2O2. The predicted molar refractivity (Wildman–Crippen MR) is 88.2 cm³/mol. The highest BCUT2D eigenvalue weighted by molar-refractivity contribution is 5.94. The molecule has 2 aromatic carbocycles. The van der Waals surface area contributed by atoms with E-state index in [-0.39, 0.29) is 11.9 Å². The molecule has 23 heavy (non-hydrogen) atoms. The molecule has 2 aromatic rings. The zero-order valence-electron chi connectivity index (χ0n) is 13.5. The first-order valence-corrected chi connectivity index (χ1v) is 7.35. The van der Waals surface area contributed by atoms with Crippen molar-refractivity contribution in [3.8, 4) is 5.75 Å². The van der Waals surface area contributed by atoms with E-state index in [0.717, 1.165) is 11.3 Å². The molecule has 1 N–H and O–H groups in total. The highest BCUT2D eigenvalue weighted by Crippen LogP contribution is 2.22. The van der Waals surface area contributed by atoms with E-state index in [9.17, 15) is 9.18 Å². The number of nitrogens with zero attached hydrogens (tertiary/aromatic N) is 1. The number of rotatable bonds is 6. The van der Waals surface area contributed by atoms with Crippen molar-refractivity contribution in [1.29, 1.82) is 0 Å². The maximum absolute atomic E-state index is 13.2. The molecule has 1 amide bonds. The molecule has 4 nitrogen and oxygen atoms in total. The number of carbonyl (C=O) groups is 1. The molecule has 5 heteroatoms. The minimum Gasteiger partial charge on any atom is -0.497 e. The van der Waals surface area contributed by atoms with Crippen LogP contribution in [0.3, 0.4) is 0 Å². The smallest absolute Gasteiger partial charge is 0.251 e. The normalized spacial score (nSPS) is 12.0. The highest BCUT2D eigenvalue weighted by Gasteiger charge is 2.16. The fraction of sp³-hybridized carbons (Fsp3) is 0.278. The van der Waals surface area contributed by atoms with Gasteiger partial charge in [-0.15, -0.1) is 0 Å². The van der Waals surface area contributed by atoms with Gasteiger partial charge >= 0.3 is 0 Å². The Balaban J connectivity index is 2.09. The molecule has 0 fully saturated rings. The van der Waals surface area contributed by atoms with Crippen molar-refractivity contribution in [2.75, 3.05) is 27.7 Å². The van der Waals surface area contributed by atoms with E-state index in [1.807, 2.05) is 43.3 Å². The molecule has 0 aliphatic heterocycles. The average Bonchev–Trinajstić information content (AvgIpc) is 2.54. The van der Waals surface area contributed by atoms with E-state index < -0.39 is 5.82 Å². The summed E-state index contributed by atoms with van der Waals surface area (Å²) in [6, 6.07) is 13.4. The van der Waals surface area contributed by atoms with Gasteiger partial charge in [0.2, 0.25) is 0 Å². The first-order valence-electron chi connectivity index (χ1n) is 7.35. The fourth-order valence-electron chi connectivity index (χ4n) is 2.37. The van der Waals surface area contributed by atoms with Gasteiger partial charge in [0.05, 0.1) is 13.2 Å². The third kappa shape index (κ3) is 4.53. The summed E-state index contributed by atoms with van der Waals surface area (Å²) in [4.78, 5) is 14.2. The lowest BCUT2D eigenvalue weighted by Crippen LogP contribution is -2.34. The summed E-state index contributed by atoms with van der Waals surface area (Å²) in [5, 5.41) is 2.86. The standard InChI is InChI=1S/C18H21FN2O2/c1-21(2)17(13-6-5-9-16(11-13)23-3)12-20-18(22)14-7-4-8-15(19)10-14/h4-11,17H,12H2,1-3H3,(H,20,22). The zero-order valence-corrected chi connectivity index (χ0v) is 13.5. The summed E-state index contributed by atoms with van der Waals surface area (Å²) in [7, 11) is 5.51. The molecule has 0 aliphatic rings. The monoisotopic (exact) mass is 316 g/mol. The van der Waals surface area contributed by atoms with Gasteiger partial charge in [-0.2, -0.15) is 0 Å². The minimum absolute atomic E-state index is 0.0115. The van der Waals surface area contributed by atoms with Crippen LogP contribution in [0.4, 0.5) is 4.39 Å². The van der Waals surface area contributed by atoms with Gasteiger partial charge < -0.3 is 15.0 Å². The van der Waals surface area contributed by atoms with Crippen molar-refractivity contribution in [3.63, 3.8) is 0 Å². The summed E-state index contributed by atoms with van der Waals surface area (Å²) in [6.45, 7) is 0.412. The maximum atomic E-state index is 13.2. The van der Waals surface area contributed by atoms with Crippen LogP contribution in [0.25, 0.3) is 0 Å². The molecule has 122 valence electrons. The predicted octanol–water partition coefficient (Wildman–Crippen LogP) is 2.87. The van der Waals surface area contributed by atoms with Gasteiger partial charge in [0, 0.05) is 12.1 Å². The van der Waals surface area contributed by atoms with Crippen molar-refractivity contribution in [2.45, 2.75) is 6.04 Å². The van der Waals surface area contributed by atoms with E-state index in [1.165, 1.54) is 18.2 Å². The van der Waals surface area contributed by atoms with Gasteiger partial charge in [0.1, 0.15) is 11.6 Å². The molecule has 0 radical (unpaired) electrons. The minimum atomic E-state index is -0.422. The van der Waals surface area contributed by atoms with Crippen LogP contribution in [0.1, 0.15) is 22.0 Å². The van der Waals surface area contributed by atoms with E-state index in [1.54, 1.807) is 13.2 Å². The van der Waals surface area contributed by atoms with Crippen molar-refractivity contribution >= 4 is 5.91 Å². The van der Waals surface area contributed by atoms with Crippen LogP contribution in [-0.2, 0) is 0 Å². The molecule has 0 saturated heterocycles. The number of hydrogen-bond donors (Lipinski definition) is 1. The number of methoxy groups -OCH3 is 1. The molecule has 0 aromatic heterocycles. The van der Waals surface area contributed by atoms with Gasteiger partial charge in [-0.05, 0) is 50.0 Å². The molecule has 0 heterocycles. The second-order valence-electron chi connectivity index (χ2n) is 5.48.